The van der Waals surface area contributed by atoms with Crippen LogP contribution in [0.2, 0.25) is 0 Å². The Morgan fingerprint density at radius 1 is 1.47 bits per heavy atom. The van der Waals surface area contributed by atoms with Crippen LogP contribution in [0, 0.1) is 6.92 Å². The Morgan fingerprint density at radius 3 is 3.00 bits per heavy atom. The maximum atomic E-state index is 3.70. The average Bonchev–Trinajstić information content (AvgIpc) is 2.39. The fourth-order valence-corrected chi connectivity index (χ4v) is 4.14. The number of aryl methyl sites for hydroxylation is 1. The van der Waals surface area contributed by atoms with Gasteiger partial charge in [0.1, 0.15) is 0 Å². The number of likely N-dealkylation sites (N-methyl/N-ethyl adjacent to an activating group) is 2. The number of rotatable bonds is 5. The van der Waals surface area contributed by atoms with E-state index in [-0.39, 0.29) is 0 Å². The molecule has 19 heavy (non-hydrogen) atoms. The predicted molar refractivity (Wildman–Crippen MR) is 86.1 cm³/mol. The highest BCUT2D eigenvalue weighted by Gasteiger charge is 2.27. The fraction of sp³-hybridized carbons (Fsp3) is 0.625. The average molecular weight is 278 g/mol. The maximum Gasteiger partial charge on any atom is 0.0340 e. The lowest BCUT2D eigenvalue weighted by Gasteiger charge is -2.38. The van der Waals surface area contributed by atoms with Crippen molar-refractivity contribution in [2.24, 2.45) is 0 Å². The SMILES string of the molecule is CCNC(Cc1cccc(C)c1)C1CSCCN1C. The summed E-state index contributed by atoms with van der Waals surface area (Å²) < 4.78 is 0. The van der Waals surface area contributed by atoms with Crippen molar-refractivity contribution < 1.29 is 0 Å². The van der Waals surface area contributed by atoms with Crippen LogP contribution in [-0.4, -0.2) is 48.6 Å². The predicted octanol–water partition coefficient (Wildman–Crippen LogP) is 2.56. The molecular formula is C16H26N2S. The standard InChI is InChI=1S/C16H26N2S/c1-4-17-15(16-12-19-9-8-18(16)3)11-14-7-5-6-13(2)10-14/h5-7,10,15-17H,4,8-9,11-12H2,1-3H3. The molecule has 0 amide bonds. The smallest absolute Gasteiger partial charge is 0.0340 e. The van der Waals surface area contributed by atoms with Gasteiger partial charge >= 0.3 is 0 Å². The fourth-order valence-electron chi connectivity index (χ4n) is 2.83. The number of hydrogen-bond acceptors (Lipinski definition) is 3. The molecule has 2 nitrogen and oxygen atoms in total. The molecule has 0 aromatic heterocycles. The van der Waals surface area contributed by atoms with Crippen LogP contribution in [0.15, 0.2) is 24.3 Å². The number of nitrogens with zero attached hydrogens (tertiary/aromatic N) is 1. The molecule has 1 heterocycles. The summed E-state index contributed by atoms with van der Waals surface area (Å²) in [5.41, 5.74) is 2.81. The van der Waals surface area contributed by atoms with E-state index in [0.29, 0.717) is 12.1 Å². The van der Waals surface area contributed by atoms with Gasteiger partial charge in [0, 0.05) is 30.1 Å². The van der Waals surface area contributed by atoms with Crippen LogP contribution in [0.3, 0.4) is 0 Å². The van der Waals surface area contributed by atoms with Crippen molar-refractivity contribution in [3.63, 3.8) is 0 Å². The van der Waals surface area contributed by atoms with Gasteiger partial charge in [0.15, 0.2) is 0 Å². The Hall–Kier alpha value is -0.510. The van der Waals surface area contributed by atoms with Crippen LogP contribution < -0.4 is 5.32 Å². The lowest BCUT2D eigenvalue weighted by atomic mass is 9.98. The highest BCUT2D eigenvalue weighted by atomic mass is 32.2. The number of benzene rings is 1. The van der Waals surface area contributed by atoms with Gasteiger partial charge < -0.3 is 10.2 Å². The normalized spacial score (nSPS) is 22.4. The van der Waals surface area contributed by atoms with Crippen molar-refractivity contribution in [1.82, 2.24) is 10.2 Å². The van der Waals surface area contributed by atoms with E-state index >= 15 is 0 Å². The minimum absolute atomic E-state index is 0.560. The topological polar surface area (TPSA) is 15.3 Å². The van der Waals surface area contributed by atoms with Gasteiger partial charge in [0.2, 0.25) is 0 Å². The van der Waals surface area contributed by atoms with Crippen molar-refractivity contribution in [3.8, 4) is 0 Å². The summed E-state index contributed by atoms with van der Waals surface area (Å²) in [5.74, 6) is 2.52. The van der Waals surface area contributed by atoms with E-state index in [1.165, 1.54) is 29.2 Å². The third kappa shape index (κ3) is 4.23. The van der Waals surface area contributed by atoms with Gasteiger partial charge in [-0.2, -0.15) is 11.8 Å². The zero-order valence-electron chi connectivity index (χ0n) is 12.4. The third-order valence-electron chi connectivity index (χ3n) is 3.91. The van der Waals surface area contributed by atoms with E-state index in [1.807, 2.05) is 0 Å². The molecule has 1 N–H and O–H groups in total. The molecule has 1 saturated heterocycles. The van der Waals surface area contributed by atoms with Gasteiger partial charge in [0.25, 0.3) is 0 Å². The van der Waals surface area contributed by atoms with Crippen LogP contribution in [0.4, 0.5) is 0 Å². The van der Waals surface area contributed by atoms with Crippen LogP contribution in [0.1, 0.15) is 18.1 Å². The largest absolute Gasteiger partial charge is 0.312 e. The first-order valence-electron chi connectivity index (χ1n) is 7.27. The van der Waals surface area contributed by atoms with Crippen molar-refractivity contribution in [2.75, 3.05) is 31.6 Å². The quantitative estimate of drug-likeness (QED) is 0.891. The van der Waals surface area contributed by atoms with Crippen LogP contribution in [0.25, 0.3) is 0 Å². The molecule has 0 spiro atoms. The molecule has 1 aliphatic heterocycles. The summed E-state index contributed by atoms with van der Waals surface area (Å²) in [7, 11) is 2.27. The van der Waals surface area contributed by atoms with Crippen LogP contribution in [-0.2, 0) is 6.42 Å². The summed E-state index contributed by atoms with van der Waals surface area (Å²) in [5, 5.41) is 3.70. The van der Waals surface area contributed by atoms with Crippen molar-refractivity contribution in [2.45, 2.75) is 32.4 Å². The Bertz CT molecular complexity index is 394. The molecule has 0 aliphatic carbocycles. The van der Waals surface area contributed by atoms with E-state index in [4.69, 9.17) is 0 Å². The van der Waals surface area contributed by atoms with E-state index < -0.39 is 0 Å². The molecule has 1 fully saturated rings. The first kappa shape index (κ1) is 14.9. The van der Waals surface area contributed by atoms with Crippen molar-refractivity contribution in [1.29, 1.82) is 0 Å². The first-order chi connectivity index (χ1) is 9.20. The van der Waals surface area contributed by atoms with Crippen molar-refractivity contribution >= 4 is 11.8 Å². The number of hydrogen-bond donors (Lipinski definition) is 1. The lowest BCUT2D eigenvalue weighted by Crippen LogP contribution is -2.53. The van der Waals surface area contributed by atoms with Gasteiger partial charge in [-0.3, -0.25) is 0 Å². The molecule has 106 valence electrons. The van der Waals surface area contributed by atoms with Crippen molar-refractivity contribution in [3.05, 3.63) is 35.4 Å². The van der Waals surface area contributed by atoms with Gasteiger partial charge in [-0.15, -0.1) is 0 Å². The molecule has 0 bridgehead atoms. The van der Waals surface area contributed by atoms with Gasteiger partial charge in [0.05, 0.1) is 0 Å². The summed E-state index contributed by atoms with van der Waals surface area (Å²) >= 11 is 2.09. The summed E-state index contributed by atoms with van der Waals surface area (Å²) in [6.45, 7) is 6.64. The van der Waals surface area contributed by atoms with Gasteiger partial charge in [-0.25, -0.2) is 0 Å². The molecule has 1 aliphatic rings. The lowest BCUT2D eigenvalue weighted by molar-refractivity contribution is 0.215. The van der Waals surface area contributed by atoms with E-state index in [2.05, 4.69) is 67.1 Å². The second-order valence-electron chi connectivity index (χ2n) is 5.48. The van der Waals surface area contributed by atoms with Gasteiger partial charge in [-0.1, -0.05) is 36.8 Å². The molecule has 0 saturated carbocycles. The highest BCUT2D eigenvalue weighted by Crippen LogP contribution is 2.20. The molecular weight excluding hydrogens is 252 g/mol. The first-order valence-corrected chi connectivity index (χ1v) is 8.43. The zero-order chi connectivity index (χ0) is 13.7. The Morgan fingerprint density at radius 2 is 2.32 bits per heavy atom. The zero-order valence-corrected chi connectivity index (χ0v) is 13.2. The summed E-state index contributed by atoms with van der Waals surface area (Å²) in [6, 6.07) is 10.1. The Kier molecular flexibility index (Phi) is 5.74. The second-order valence-corrected chi connectivity index (χ2v) is 6.63. The van der Waals surface area contributed by atoms with Crippen LogP contribution in [0.5, 0.6) is 0 Å². The van der Waals surface area contributed by atoms with E-state index in [1.54, 1.807) is 0 Å². The number of nitrogens with one attached hydrogen (secondary N) is 1. The second kappa shape index (κ2) is 7.32. The third-order valence-corrected chi connectivity index (χ3v) is 4.96. The molecule has 0 radical (unpaired) electrons. The van der Waals surface area contributed by atoms with E-state index in [9.17, 15) is 0 Å². The molecule has 1 aromatic carbocycles. The van der Waals surface area contributed by atoms with Gasteiger partial charge in [-0.05, 0) is 32.5 Å². The summed E-state index contributed by atoms with van der Waals surface area (Å²) in [6.07, 6.45) is 1.13. The minimum Gasteiger partial charge on any atom is -0.312 e. The Balaban J connectivity index is 2.06. The molecule has 2 atom stereocenters. The minimum atomic E-state index is 0.560. The molecule has 2 unspecified atom stereocenters. The monoisotopic (exact) mass is 278 g/mol. The highest BCUT2D eigenvalue weighted by molar-refractivity contribution is 7.99. The van der Waals surface area contributed by atoms with E-state index in [0.717, 1.165) is 13.0 Å². The number of thioether (sulfide) groups is 1. The van der Waals surface area contributed by atoms with Crippen LogP contribution >= 0.6 is 11.8 Å². The maximum absolute atomic E-state index is 3.70. The molecule has 2 rings (SSSR count). The summed E-state index contributed by atoms with van der Waals surface area (Å²) in [4.78, 5) is 2.53. The molecule has 3 heteroatoms. The molecule has 1 aromatic rings. The Labute approximate surface area is 122 Å².